The van der Waals surface area contributed by atoms with Gasteiger partial charge in [-0.2, -0.15) is 0 Å². The van der Waals surface area contributed by atoms with E-state index in [1.54, 1.807) is 46.5 Å². The summed E-state index contributed by atoms with van der Waals surface area (Å²) in [6, 6.07) is 9.61. The lowest BCUT2D eigenvalue weighted by atomic mass is 9.84. The van der Waals surface area contributed by atoms with Gasteiger partial charge in [0, 0.05) is 95.0 Å². The second-order valence-corrected chi connectivity index (χ2v) is 22.2. The Hall–Kier alpha value is -3.73. The molecule has 0 spiro atoms. The molecular weight excluding hydrogens is 956 g/mol. The van der Waals surface area contributed by atoms with Crippen LogP contribution in [-0.2, 0) is 44.4 Å². The van der Waals surface area contributed by atoms with Gasteiger partial charge in [0.25, 0.3) is 0 Å². The van der Waals surface area contributed by atoms with E-state index in [2.05, 4.69) is 20.2 Å². The van der Waals surface area contributed by atoms with Crippen LogP contribution < -0.4 is 0 Å². The number of cyclic esters (lactones) is 1. The average molecular weight is 1040 g/mol. The van der Waals surface area contributed by atoms with Gasteiger partial charge in [0.2, 0.25) is 5.88 Å². The zero-order valence-corrected chi connectivity index (χ0v) is 46.0. The van der Waals surface area contributed by atoms with Gasteiger partial charge in [0.15, 0.2) is 12.6 Å². The zero-order chi connectivity index (χ0) is 54.2. The molecule has 1 aromatic carbocycles. The Bertz CT molecular complexity index is 2190. The number of hydrogen-bond acceptors (Lipinski definition) is 17. The maximum atomic E-state index is 14.9. The van der Waals surface area contributed by atoms with Crippen molar-refractivity contribution in [1.29, 1.82) is 0 Å². The molecule has 19 heteroatoms. The van der Waals surface area contributed by atoms with Gasteiger partial charge in [-0.1, -0.05) is 50.3 Å². The van der Waals surface area contributed by atoms with Gasteiger partial charge in [0.1, 0.15) is 36.6 Å². The first kappa shape index (κ1) is 59.5. The molecule has 18 nitrogen and oxygen atoms in total. The number of benzene rings is 1. The summed E-state index contributed by atoms with van der Waals surface area (Å²) in [7, 11) is 7.12. The minimum atomic E-state index is -1.79. The van der Waals surface area contributed by atoms with Gasteiger partial charge in [-0.05, 0) is 98.0 Å². The molecule has 18 atom stereocenters. The number of aliphatic hydroxyl groups is 3. The molecule has 3 fully saturated rings. The van der Waals surface area contributed by atoms with Gasteiger partial charge >= 0.3 is 5.97 Å². The van der Waals surface area contributed by atoms with E-state index < -0.39 is 97.0 Å². The van der Waals surface area contributed by atoms with Crippen molar-refractivity contribution in [2.45, 2.75) is 198 Å². The third-order valence-electron chi connectivity index (χ3n) is 16.1. The molecule has 0 amide bonds. The van der Waals surface area contributed by atoms with Crippen molar-refractivity contribution < 1.29 is 62.8 Å². The van der Waals surface area contributed by atoms with Crippen LogP contribution in [0.15, 0.2) is 48.8 Å². The molecule has 74 heavy (non-hydrogen) atoms. The first-order chi connectivity index (χ1) is 35.0. The molecule has 3 aliphatic heterocycles. The van der Waals surface area contributed by atoms with Crippen molar-refractivity contribution in [2.75, 3.05) is 48.1 Å². The third kappa shape index (κ3) is 14.6. The number of ether oxygens (including phenoxy) is 7. The van der Waals surface area contributed by atoms with Gasteiger partial charge in [-0.25, -0.2) is 14.1 Å². The summed E-state index contributed by atoms with van der Waals surface area (Å²) in [6.45, 7) is 17.1. The minimum Gasteiger partial charge on any atom is -0.493 e. The smallest absolute Gasteiger partial charge is 0.311 e. The normalized spacial score (nSPS) is 36.2. The number of alkyl halides is 1. The van der Waals surface area contributed by atoms with Crippen LogP contribution in [-0.4, -0.2) is 183 Å². The Morgan fingerprint density at radius 3 is 2.23 bits per heavy atom. The second kappa shape index (κ2) is 26.1. The van der Waals surface area contributed by atoms with E-state index in [0.717, 1.165) is 16.7 Å². The molecule has 0 unspecified atom stereocenters. The summed E-state index contributed by atoms with van der Waals surface area (Å²) in [4.78, 5) is 22.6. The fourth-order valence-electron chi connectivity index (χ4n) is 11.5. The SMILES string of the molecule is CC[C@H]1OC(=O)[C@H](C)[C@@H](O[C@H]2C[C@@](C)(OC)C[C@H](C)O2)[C@H](C)[C@@H](O[C@H]2C[C@@H](N(C)CCc3cn([C@H](CF)[C@H](OC)c4ccc(-c5ccc(O)nc5)cc4)nn3)C[C@@H](C)O2)[C@H](O)C[C@@H](C)CN(C)[C@H](C)[C@@H](O)[C@]1(C)O. The predicted octanol–water partition coefficient (Wildman–Crippen LogP) is 6.44. The number of hydrogen-bond donors (Lipinski definition) is 4. The van der Waals surface area contributed by atoms with Crippen molar-refractivity contribution in [1.82, 2.24) is 29.8 Å². The van der Waals surface area contributed by atoms with Crippen molar-refractivity contribution in [3.63, 3.8) is 0 Å². The highest BCUT2D eigenvalue weighted by molar-refractivity contribution is 5.73. The van der Waals surface area contributed by atoms with Crippen LogP contribution in [0.1, 0.15) is 124 Å². The monoisotopic (exact) mass is 1040 g/mol. The van der Waals surface area contributed by atoms with Crippen LogP contribution in [0, 0.1) is 17.8 Å². The fourth-order valence-corrected chi connectivity index (χ4v) is 11.5. The lowest BCUT2D eigenvalue weighted by molar-refractivity contribution is -0.283. The summed E-state index contributed by atoms with van der Waals surface area (Å²) < 4.78 is 61.1. The van der Waals surface area contributed by atoms with Crippen LogP contribution >= 0.6 is 0 Å². The van der Waals surface area contributed by atoms with Crippen molar-refractivity contribution in [3.05, 3.63) is 60.0 Å². The molecule has 416 valence electrons. The van der Waals surface area contributed by atoms with Gasteiger partial charge in [0.05, 0.1) is 47.7 Å². The molecule has 0 bridgehead atoms. The number of carbonyl (C=O) groups is 1. The van der Waals surface area contributed by atoms with E-state index in [4.69, 9.17) is 33.2 Å². The number of likely N-dealkylation sites (N-methyl/N-ethyl adjacent to an activating group) is 2. The number of esters is 1. The number of aromatic nitrogens is 4. The predicted molar refractivity (Wildman–Crippen MR) is 276 cm³/mol. The Morgan fingerprint density at radius 2 is 1.59 bits per heavy atom. The Morgan fingerprint density at radius 1 is 0.919 bits per heavy atom. The molecule has 0 saturated carbocycles. The van der Waals surface area contributed by atoms with Crippen LogP contribution in [0.3, 0.4) is 0 Å². The van der Waals surface area contributed by atoms with E-state index in [0.29, 0.717) is 57.3 Å². The van der Waals surface area contributed by atoms with E-state index in [-0.39, 0.29) is 36.5 Å². The maximum Gasteiger partial charge on any atom is 0.311 e. The lowest BCUT2D eigenvalue weighted by Crippen LogP contribution is -2.59. The van der Waals surface area contributed by atoms with Crippen molar-refractivity contribution in [2.24, 2.45) is 17.8 Å². The summed E-state index contributed by atoms with van der Waals surface area (Å²) >= 11 is 0. The third-order valence-corrected chi connectivity index (χ3v) is 16.1. The fraction of sp³-hybridized carbons (Fsp3) is 0.745. The van der Waals surface area contributed by atoms with Crippen LogP contribution in [0.5, 0.6) is 5.88 Å². The number of methoxy groups -OCH3 is 2. The quantitative estimate of drug-likeness (QED) is 0.114. The summed E-state index contributed by atoms with van der Waals surface area (Å²) in [6.07, 6.45) is -1.03. The van der Waals surface area contributed by atoms with E-state index in [1.165, 1.54) is 17.7 Å². The number of aromatic hydroxyl groups is 1. The first-order valence-corrected chi connectivity index (χ1v) is 26.6. The molecule has 0 radical (unpaired) electrons. The Labute approximate surface area is 438 Å². The maximum absolute atomic E-state index is 14.9. The molecule has 4 N–H and O–H groups in total. The molecule has 3 aromatic rings. The number of carbonyl (C=O) groups excluding carboxylic acids is 1. The summed E-state index contributed by atoms with van der Waals surface area (Å²) in [5, 5.41) is 54.3. The number of pyridine rings is 1. The van der Waals surface area contributed by atoms with Gasteiger partial charge in [-0.3, -0.25) is 4.79 Å². The van der Waals surface area contributed by atoms with Crippen molar-refractivity contribution >= 4 is 5.97 Å². The van der Waals surface area contributed by atoms with Gasteiger partial charge < -0.3 is 63.4 Å². The molecule has 3 aliphatic rings. The number of nitrogens with zero attached hydrogens (tertiary/aromatic N) is 6. The van der Waals surface area contributed by atoms with E-state index in [1.807, 2.05) is 84.8 Å². The van der Waals surface area contributed by atoms with E-state index >= 15 is 0 Å². The van der Waals surface area contributed by atoms with Crippen LogP contribution in [0.4, 0.5) is 4.39 Å². The molecule has 5 heterocycles. The molecular formula is C55H87FN6O12. The second-order valence-electron chi connectivity index (χ2n) is 22.2. The lowest BCUT2D eigenvalue weighted by Gasteiger charge is -2.45. The zero-order valence-electron chi connectivity index (χ0n) is 46.0. The van der Waals surface area contributed by atoms with Crippen LogP contribution in [0.2, 0.25) is 0 Å². The van der Waals surface area contributed by atoms with E-state index in [9.17, 15) is 29.6 Å². The number of aliphatic hydroxyl groups excluding tert-OH is 2. The summed E-state index contributed by atoms with van der Waals surface area (Å²) in [5.41, 5.74) is 0.846. The Kier molecular flexibility index (Phi) is 21.0. The molecule has 0 aliphatic carbocycles. The first-order valence-electron chi connectivity index (χ1n) is 26.6. The van der Waals surface area contributed by atoms with Gasteiger partial charge in [-0.15, -0.1) is 5.10 Å². The highest BCUT2D eigenvalue weighted by Gasteiger charge is 2.49. The topological polar surface area (TPSA) is 213 Å². The Balaban J connectivity index is 1.20. The van der Waals surface area contributed by atoms with Crippen molar-refractivity contribution in [3.8, 4) is 17.0 Å². The molecule has 2 aromatic heterocycles. The molecule has 3 saturated heterocycles. The molecule has 6 rings (SSSR count). The standard InChI is InChI=1S/C55H87FN6O12/c1-14-45-55(9,67)52(65)37(7)61(11)30-32(2)23-44(63)50(35(5)49(36(6)53(66)72-45)74-48-27-54(8,69-13)26-34(4)71-48)73-47-25-42(24-33(3)70-47)60(10)22-21-41-31-62(59-58-41)43(28-56)51(68-12)39-17-15-38(16-18-39)40-19-20-46(64)57-29-40/h15-20,29,31-37,42-45,47-52,63,65,67H,14,21-28,30H2,1-13H3,(H,57,64)/t32-,33-,34+,35+,36-,37-,42+,43-,44-,45-,47+,48+,49+,50-,51-,52-,54+,55-/m1/s1. The largest absolute Gasteiger partial charge is 0.493 e. The minimum absolute atomic E-state index is 0.00865. The highest BCUT2D eigenvalue weighted by atomic mass is 19.1. The highest BCUT2D eigenvalue weighted by Crippen LogP contribution is 2.38. The number of rotatable bonds is 16. The number of halogens is 1. The average Bonchev–Trinajstić information content (AvgIpc) is 3.84. The van der Waals surface area contributed by atoms with Crippen LogP contribution in [0.25, 0.3) is 11.1 Å². The summed E-state index contributed by atoms with van der Waals surface area (Å²) in [5.74, 6) is -2.35.